The van der Waals surface area contributed by atoms with Gasteiger partial charge in [-0.2, -0.15) is 0 Å². The Hall–Kier alpha value is -0.0800. The second-order valence-electron chi connectivity index (χ2n) is 5.32. The van der Waals surface area contributed by atoms with Crippen molar-refractivity contribution in [2.45, 2.75) is 57.0 Å². The number of hydrogen-bond acceptors (Lipinski definition) is 2. The number of hydrogen-bond donors (Lipinski definition) is 1. The van der Waals surface area contributed by atoms with Crippen LogP contribution in [0.1, 0.15) is 44.9 Å². The van der Waals surface area contributed by atoms with E-state index in [-0.39, 0.29) is 0 Å². The van der Waals surface area contributed by atoms with Crippen molar-refractivity contribution in [3.63, 3.8) is 0 Å². The molecule has 0 aliphatic heterocycles. The van der Waals surface area contributed by atoms with Crippen LogP contribution in [-0.4, -0.2) is 30.6 Å². The molecular formula is C12H24N2. The van der Waals surface area contributed by atoms with Crippen LogP contribution in [0.15, 0.2) is 0 Å². The molecule has 0 bridgehead atoms. The van der Waals surface area contributed by atoms with E-state index in [9.17, 15) is 0 Å². The summed E-state index contributed by atoms with van der Waals surface area (Å²) in [4.78, 5) is 2.57. The molecule has 0 aromatic heterocycles. The van der Waals surface area contributed by atoms with Gasteiger partial charge in [0.2, 0.25) is 0 Å². The summed E-state index contributed by atoms with van der Waals surface area (Å²) in [6, 6.07) is 1.25. The van der Waals surface area contributed by atoms with E-state index in [0.717, 1.165) is 12.0 Å². The smallest absolute Gasteiger partial charge is 0.0107 e. The van der Waals surface area contributed by atoms with Crippen LogP contribution in [0.2, 0.25) is 0 Å². The number of nitrogens with zero attached hydrogens (tertiary/aromatic N) is 1. The molecule has 2 atom stereocenters. The lowest BCUT2D eigenvalue weighted by atomic mass is 9.84. The van der Waals surface area contributed by atoms with Gasteiger partial charge < -0.3 is 10.6 Å². The van der Waals surface area contributed by atoms with Crippen molar-refractivity contribution in [1.82, 2.24) is 4.90 Å². The van der Waals surface area contributed by atoms with Crippen molar-refractivity contribution in [3.05, 3.63) is 0 Å². The van der Waals surface area contributed by atoms with Crippen LogP contribution in [0.4, 0.5) is 0 Å². The summed E-state index contributed by atoms with van der Waals surface area (Å²) in [6.45, 7) is 1.32. The molecule has 2 saturated carbocycles. The molecule has 0 radical (unpaired) electrons. The summed E-state index contributed by atoms with van der Waals surface area (Å²) in [6.07, 6.45) is 9.56. The third-order valence-corrected chi connectivity index (χ3v) is 4.08. The van der Waals surface area contributed by atoms with Gasteiger partial charge in [0.15, 0.2) is 0 Å². The first-order valence-corrected chi connectivity index (χ1v) is 6.21. The highest BCUT2D eigenvalue weighted by atomic mass is 15.1. The van der Waals surface area contributed by atoms with Gasteiger partial charge in [0, 0.05) is 18.6 Å². The van der Waals surface area contributed by atoms with Gasteiger partial charge in [0.25, 0.3) is 0 Å². The monoisotopic (exact) mass is 196 g/mol. The van der Waals surface area contributed by atoms with Gasteiger partial charge in [-0.15, -0.1) is 0 Å². The maximum absolute atomic E-state index is 6.01. The van der Waals surface area contributed by atoms with Gasteiger partial charge in [-0.25, -0.2) is 0 Å². The van der Waals surface area contributed by atoms with Crippen LogP contribution in [0.25, 0.3) is 0 Å². The lowest BCUT2D eigenvalue weighted by Crippen LogP contribution is -2.43. The third kappa shape index (κ3) is 2.48. The van der Waals surface area contributed by atoms with E-state index in [2.05, 4.69) is 11.9 Å². The average molecular weight is 196 g/mol. The minimum absolute atomic E-state index is 0.470. The van der Waals surface area contributed by atoms with Gasteiger partial charge in [-0.1, -0.05) is 12.8 Å². The highest BCUT2D eigenvalue weighted by molar-refractivity contribution is 4.83. The van der Waals surface area contributed by atoms with Crippen LogP contribution in [0.3, 0.4) is 0 Å². The van der Waals surface area contributed by atoms with E-state index in [1.165, 1.54) is 51.5 Å². The summed E-state index contributed by atoms with van der Waals surface area (Å²) in [5.41, 5.74) is 6.01. The largest absolute Gasteiger partial charge is 0.328 e. The molecule has 0 aromatic rings. The summed E-state index contributed by atoms with van der Waals surface area (Å²) < 4.78 is 0. The first-order valence-electron chi connectivity index (χ1n) is 6.21. The van der Waals surface area contributed by atoms with E-state index in [4.69, 9.17) is 5.73 Å². The Labute approximate surface area is 87.8 Å². The van der Waals surface area contributed by atoms with Gasteiger partial charge in [-0.3, -0.25) is 0 Å². The van der Waals surface area contributed by atoms with Crippen molar-refractivity contribution >= 4 is 0 Å². The van der Waals surface area contributed by atoms with Crippen molar-refractivity contribution in [1.29, 1.82) is 0 Å². The van der Waals surface area contributed by atoms with Crippen molar-refractivity contribution in [2.75, 3.05) is 13.6 Å². The molecule has 82 valence electrons. The zero-order valence-electron chi connectivity index (χ0n) is 9.41. The van der Waals surface area contributed by atoms with Crippen LogP contribution < -0.4 is 5.73 Å². The van der Waals surface area contributed by atoms with Crippen LogP contribution in [0, 0.1) is 5.92 Å². The fourth-order valence-corrected chi connectivity index (χ4v) is 2.83. The van der Waals surface area contributed by atoms with Gasteiger partial charge in [-0.05, 0) is 45.1 Å². The van der Waals surface area contributed by atoms with Crippen LogP contribution >= 0.6 is 0 Å². The molecule has 2 N–H and O–H groups in total. The first-order chi connectivity index (χ1) is 6.75. The molecule has 0 amide bonds. The highest BCUT2D eigenvalue weighted by Gasteiger charge is 2.26. The van der Waals surface area contributed by atoms with E-state index < -0.39 is 0 Å². The van der Waals surface area contributed by atoms with Gasteiger partial charge in [0.1, 0.15) is 0 Å². The second-order valence-corrected chi connectivity index (χ2v) is 5.32. The Balaban J connectivity index is 1.74. The lowest BCUT2D eigenvalue weighted by molar-refractivity contribution is 0.129. The first kappa shape index (κ1) is 10.4. The number of nitrogens with two attached hydrogens (primary N) is 1. The fourth-order valence-electron chi connectivity index (χ4n) is 2.83. The normalized spacial score (nSPS) is 34.5. The van der Waals surface area contributed by atoms with E-state index >= 15 is 0 Å². The van der Waals surface area contributed by atoms with Crippen molar-refractivity contribution in [2.24, 2.45) is 11.7 Å². The zero-order valence-corrected chi connectivity index (χ0v) is 9.41. The number of rotatable bonds is 3. The lowest BCUT2D eigenvalue weighted by Gasteiger charge is -2.38. The average Bonchev–Trinajstić information content (AvgIpc) is 2.11. The van der Waals surface area contributed by atoms with Crippen LogP contribution in [-0.2, 0) is 0 Å². The molecule has 2 aliphatic rings. The molecular weight excluding hydrogens is 172 g/mol. The molecule has 0 spiro atoms. The fraction of sp³-hybridized carbons (Fsp3) is 1.00. The topological polar surface area (TPSA) is 29.3 Å². The SMILES string of the molecule is CN(CC1CCC1)C1CCCC(N)C1. The second kappa shape index (κ2) is 4.63. The predicted molar refractivity (Wildman–Crippen MR) is 60.2 cm³/mol. The molecule has 2 fully saturated rings. The standard InChI is InChI=1S/C12H24N2/c1-14(9-10-4-2-5-10)12-7-3-6-11(13)8-12/h10-12H,2-9,13H2,1H3. The molecule has 2 aliphatic carbocycles. The third-order valence-electron chi connectivity index (χ3n) is 4.08. The van der Waals surface area contributed by atoms with Crippen LogP contribution in [0.5, 0.6) is 0 Å². The van der Waals surface area contributed by atoms with E-state index in [0.29, 0.717) is 6.04 Å². The Morgan fingerprint density at radius 1 is 1.14 bits per heavy atom. The Morgan fingerprint density at radius 2 is 1.86 bits per heavy atom. The molecule has 0 saturated heterocycles. The highest BCUT2D eigenvalue weighted by Crippen LogP contribution is 2.29. The minimum atomic E-state index is 0.470. The molecule has 2 heteroatoms. The van der Waals surface area contributed by atoms with E-state index in [1.54, 1.807) is 0 Å². The molecule has 2 unspecified atom stereocenters. The summed E-state index contributed by atoms with van der Waals surface area (Å²) in [7, 11) is 2.29. The zero-order chi connectivity index (χ0) is 9.97. The maximum atomic E-state index is 6.01. The van der Waals surface area contributed by atoms with Crippen molar-refractivity contribution < 1.29 is 0 Å². The minimum Gasteiger partial charge on any atom is -0.328 e. The molecule has 14 heavy (non-hydrogen) atoms. The molecule has 0 heterocycles. The summed E-state index contributed by atoms with van der Waals surface area (Å²) in [5, 5.41) is 0. The van der Waals surface area contributed by atoms with Crippen molar-refractivity contribution in [3.8, 4) is 0 Å². The molecule has 0 aromatic carbocycles. The van der Waals surface area contributed by atoms with Gasteiger partial charge in [0.05, 0.1) is 0 Å². The summed E-state index contributed by atoms with van der Waals surface area (Å²) >= 11 is 0. The Bertz CT molecular complexity index is 177. The maximum Gasteiger partial charge on any atom is 0.0107 e. The van der Waals surface area contributed by atoms with Gasteiger partial charge >= 0.3 is 0 Å². The predicted octanol–water partition coefficient (Wildman–Crippen LogP) is 1.99. The van der Waals surface area contributed by atoms with E-state index in [1.807, 2.05) is 0 Å². The molecule has 2 rings (SSSR count). The Kier molecular flexibility index (Phi) is 3.45. The molecule has 2 nitrogen and oxygen atoms in total. The summed E-state index contributed by atoms with van der Waals surface area (Å²) in [5.74, 6) is 0.998. The Morgan fingerprint density at radius 3 is 2.43 bits per heavy atom. The quantitative estimate of drug-likeness (QED) is 0.748.